The molecule has 0 aliphatic carbocycles. The van der Waals surface area contributed by atoms with Gasteiger partial charge in [-0.3, -0.25) is 11.3 Å². The molecule has 1 unspecified atom stereocenters. The van der Waals surface area contributed by atoms with Crippen LogP contribution in [0.5, 0.6) is 0 Å². The van der Waals surface area contributed by atoms with Crippen molar-refractivity contribution in [2.45, 2.75) is 12.5 Å². The summed E-state index contributed by atoms with van der Waals surface area (Å²) in [7, 11) is 0. The standard InChI is InChI=1S/C12H11BrCl2N2S/c13-9-3-1-7(5-10(9)14)11(17-16)6-8-2-4-12(15)18-8/h1-5,11,17H,6,16H2. The van der Waals surface area contributed by atoms with Crippen LogP contribution in [0.2, 0.25) is 9.36 Å². The third-order valence-electron chi connectivity index (χ3n) is 2.58. The third-order valence-corrected chi connectivity index (χ3v) is 5.07. The summed E-state index contributed by atoms with van der Waals surface area (Å²) in [6.45, 7) is 0. The highest BCUT2D eigenvalue weighted by Crippen LogP contribution is 2.29. The lowest BCUT2D eigenvalue weighted by Gasteiger charge is -2.16. The number of hydrazine groups is 1. The summed E-state index contributed by atoms with van der Waals surface area (Å²) < 4.78 is 1.66. The maximum atomic E-state index is 6.09. The SMILES string of the molecule is NNC(Cc1ccc(Cl)s1)c1ccc(Br)c(Cl)c1. The minimum absolute atomic E-state index is 0.0188. The van der Waals surface area contributed by atoms with Crippen molar-refractivity contribution < 1.29 is 0 Å². The molecule has 2 nitrogen and oxygen atoms in total. The zero-order valence-electron chi connectivity index (χ0n) is 9.29. The van der Waals surface area contributed by atoms with Crippen LogP contribution in [0, 0.1) is 0 Å². The van der Waals surface area contributed by atoms with Crippen LogP contribution in [0.25, 0.3) is 0 Å². The van der Waals surface area contributed by atoms with Gasteiger partial charge in [0.05, 0.1) is 15.4 Å². The molecule has 1 heterocycles. The maximum absolute atomic E-state index is 6.09. The van der Waals surface area contributed by atoms with E-state index in [1.165, 1.54) is 4.88 Å². The lowest BCUT2D eigenvalue weighted by Crippen LogP contribution is -2.29. The molecule has 3 N–H and O–H groups in total. The van der Waals surface area contributed by atoms with Crippen molar-refractivity contribution in [2.24, 2.45) is 5.84 Å². The number of thiophene rings is 1. The fraction of sp³-hybridized carbons (Fsp3) is 0.167. The van der Waals surface area contributed by atoms with Crippen LogP contribution in [0.3, 0.4) is 0 Å². The average molecular weight is 366 g/mol. The summed E-state index contributed by atoms with van der Waals surface area (Å²) in [5.74, 6) is 5.61. The molecule has 0 bridgehead atoms. The summed E-state index contributed by atoms with van der Waals surface area (Å²) in [5.41, 5.74) is 3.86. The topological polar surface area (TPSA) is 38.0 Å². The Bertz CT molecular complexity index is 545. The van der Waals surface area contributed by atoms with E-state index in [2.05, 4.69) is 21.4 Å². The van der Waals surface area contributed by atoms with E-state index in [1.807, 2.05) is 30.3 Å². The van der Waals surface area contributed by atoms with Gasteiger partial charge in [0.15, 0.2) is 0 Å². The third kappa shape index (κ3) is 3.47. The number of nitrogens with two attached hydrogens (primary N) is 1. The van der Waals surface area contributed by atoms with Crippen LogP contribution in [-0.2, 0) is 6.42 Å². The summed E-state index contributed by atoms with van der Waals surface area (Å²) in [4.78, 5) is 1.18. The molecule has 0 aliphatic rings. The Balaban J connectivity index is 2.19. The van der Waals surface area contributed by atoms with E-state index in [0.717, 1.165) is 20.8 Å². The predicted molar refractivity (Wildman–Crippen MR) is 82.2 cm³/mol. The summed E-state index contributed by atoms with van der Waals surface area (Å²) in [6, 6.07) is 9.75. The maximum Gasteiger partial charge on any atom is 0.0931 e. The molecule has 0 spiro atoms. The normalized spacial score (nSPS) is 12.7. The highest BCUT2D eigenvalue weighted by Gasteiger charge is 2.13. The molecule has 96 valence electrons. The zero-order valence-corrected chi connectivity index (χ0v) is 13.2. The smallest absolute Gasteiger partial charge is 0.0931 e. The Labute approximate surface area is 128 Å². The first kappa shape index (κ1) is 14.3. The van der Waals surface area contributed by atoms with Crippen LogP contribution in [0.15, 0.2) is 34.8 Å². The second kappa shape index (κ2) is 6.37. The number of hydrogen-bond donors (Lipinski definition) is 2. The molecule has 1 atom stereocenters. The van der Waals surface area contributed by atoms with Gasteiger partial charge in [0.1, 0.15) is 0 Å². The zero-order chi connectivity index (χ0) is 13.1. The van der Waals surface area contributed by atoms with Crippen LogP contribution in [0.4, 0.5) is 0 Å². The highest BCUT2D eigenvalue weighted by molar-refractivity contribution is 9.10. The fourth-order valence-electron chi connectivity index (χ4n) is 1.66. The van der Waals surface area contributed by atoms with Gasteiger partial charge in [-0.1, -0.05) is 29.3 Å². The van der Waals surface area contributed by atoms with E-state index < -0.39 is 0 Å². The van der Waals surface area contributed by atoms with Gasteiger partial charge in [-0.25, -0.2) is 0 Å². The van der Waals surface area contributed by atoms with Crippen molar-refractivity contribution in [2.75, 3.05) is 0 Å². The second-order valence-electron chi connectivity index (χ2n) is 3.80. The first-order valence-corrected chi connectivity index (χ1v) is 7.62. The molecule has 18 heavy (non-hydrogen) atoms. The quantitative estimate of drug-likeness (QED) is 0.615. The van der Waals surface area contributed by atoms with Gasteiger partial charge in [-0.05, 0) is 45.8 Å². The molecule has 0 fully saturated rings. The minimum atomic E-state index is 0.0188. The van der Waals surface area contributed by atoms with Gasteiger partial charge in [0, 0.05) is 15.8 Å². The molecule has 6 heteroatoms. The average Bonchev–Trinajstić information content (AvgIpc) is 2.75. The number of nitrogens with one attached hydrogen (secondary N) is 1. The molecular formula is C12H11BrCl2N2S. The molecule has 2 rings (SSSR count). The molecule has 0 saturated carbocycles. The van der Waals surface area contributed by atoms with Crippen molar-refractivity contribution in [1.82, 2.24) is 5.43 Å². The van der Waals surface area contributed by atoms with Crippen molar-refractivity contribution >= 4 is 50.5 Å². The van der Waals surface area contributed by atoms with Crippen LogP contribution in [-0.4, -0.2) is 0 Å². The number of hydrogen-bond acceptors (Lipinski definition) is 3. The van der Waals surface area contributed by atoms with Gasteiger partial charge in [0.25, 0.3) is 0 Å². The van der Waals surface area contributed by atoms with E-state index in [9.17, 15) is 0 Å². The van der Waals surface area contributed by atoms with E-state index in [4.69, 9.17) is 29.0 Å². The lowest BCUT2D eigenvalue weighted by atomic mass is 10.0. The number of rotatable bonds is 4. The van der Waals surface area contributed by atoms with E-state index in [0.29, 0.717) is 5.02 Å². The summed E-state index contributed by atoms with van der Waals surface area (Å²) >= 11 is 16.9. The van der Waals surface area contributed by atoms with Gasteiger partial charge in [-0.15, -0.1) is 11.3 Å². The molecule has 0 radical (unpaired) electrons. The highest BCUT2D eigenvalue weighted by atomic mass is 79.9. The van der Waals surface area contributed by atoms with Gasteiger partial charge >= 0.3 is 0 Å². The first-order valence-electron chi connectivity index (χ1n) is 5.25. The Kier molecular flexibility index (Phi) is 5.06. The Hall–Kier alpha value is -0.100. The van der Waals surface area contributed by atoms with Gasteiger partial charge < -0.3 is 0 Å². The second-order valence-corrected chi connectivity index (χ2v) is 6.86. The Morgan fingerprint density at radius 1 is 1.28 bits per heavy atom. The Morgan fingerprint density at radius 3 is 2.61 bits per heavy atom. The van der Waals surface area contributed by atoms with E-state index >= 15 is 0 Å². The number of benzene rings is 1. The fourth-order valence-corrected chi connectivity index (χ4v) is 3.23. The Morgan fingerprint density at radius 2 is 2.06 bits per heavy atom. The molecule has 0 amide bonds. The van der Waals surface area contributed by atoms with E-state index in [-0.39, 0.29) is 6.04 Å². The predicted octanol–water partition coefficient (Wildman–Crippen LogP) is 4.56. The van der Waals surface area contributed by atoms with Crippen molar-refractivity contribution in [3.05, 3.63) is 54.6 Å². The number of halogens is 3. The van der Waals surface area contributed by atoms with Gasteiger partial charge in [-0.2, -0.15) is 0 Å². The van der Waals surface area contributed by atoms with Crippen molar-refractivity contribution in [3.8, 4) is 0 Å². The van der Waals surface area contributed by atoms with E-state index in [1.54, 1.807) is 11.3 Å². The monoisotopic (exact) mass is 364 g/mol. The van der Waals surface area contributed by atoms with Crippen LogP contribution >= 0.6 is 50.5 Å². The molecule has 2 aromatic rings. The summed E-state index contributed by atoms with van der Waals surface area (Å²) in [5, 5.41) is 0.678. The minimum Gasteiger partial charge on any atom is -0.271 e. The van der Waals surface area contributed by atoms with Crippen LogP contribution < -0.4 is 11.3 Å². The van der Waals surface area contributed by atoms with Crippen LogP contribution in [0.1, 0.15) is 16.5 Å². The van der Waals surface area contributed by atoms with Crippen molar-refractivity contribution in [3.63, 3.8) is 0 Å². The molecule has 1 aromatic carbocycles. The van der Waals surface area contributed by atoms with Crippen molar-refractivity contribution in [1.29, 1.82) is 0 Å². The molecular weight excluding hydrogens is 355 g/mol. The lowest BCUT2D eigenvalue weighted by molar-refractivity contribution is 0.555. The largest absolute Gasteiger partial charge is 0.271 e. The molecule has 0 saturated heterocycles. The molecule has 0 aliphatic heterocycles. The first-order chi connectivity index (χ1) is 8.60. The summed E-state index contributed by atoms with van der Waals surface area (Å²) in [6.07, 6.45) is 0.784. The van der Waals surface area contributed by atoms with Gasteiger partial charge in [0.2, 0.25) is 0 Å². The molecule has 1 aromatic heterocycles.